The van der Waals surface area contributed by atoms with Gasteiger partial charge in [0.1, 0.15) is 24.3 Å². The van der Waals surface area contributed by atoms with Crippen molar-refractivity contribution in [2.24, 2.45) is 0 Å². The second-order valence-electron chi connectivity index (χ2n) is 9.48. The number of rotatable bonds is 7. The summed E-state index contributed by atoms with van der Waals surface area (Å²) in [6, 6.07) is 12.5. The Labute approximate surface area is 223 Å². The topological polar surface area (TPSA) is 122 Å². The molecule has 0 bridgehead atoms. The SMILES string of the molecule is Cc1c(NC(=O)OCC2CNCCN2)cn2ncnc(Nc3ccc4c(cnn4Cc4cccc(F)c4)c3)c12. The van der Waals surface area contributed by atoms with Gasteiger partial charge in [-0.25, -0.2) is 18.7 Å². The number of aryl methyl sites for hydroxylation is 1. The molecule has 3 aromatic heterocycles. The number of carbonyl (C=O) groups is 1. The van der Waals surface area contributed by atoms with Crippen LogP contribution in [-0.4, -0.2) is 62.8 Å². The fraction of sp³-hybridized carbons (Fsp3) is 0.259. The Bertz CT molecular complexity index is 1640. The standard InChI is InChI=1S/C27H28FN9O2/c1-17-23(35-27(38)39-15-22-12-29-7-8-30-22)14-37-25(17)26(31-16-33-37)34-21-5-6-24-19(10-21)11-32-36(24)13-18-3-2-4-20(28)9-18/h2-6,9-11,14,16,22,29-30H,7-8,12-13,15H2,1H3,(H,35,38)(H,31,33,34). The summed E-state index contributed by atoms with van der Waals surface area (Å²) in [4.78, 5) is 16.9. The molecule has 4 N–H and O–H groups in total. The molecule has 1 saturated heterocycles. The summed E-state index contributed by atoms with van der Waals surface area (Å²) in [6.07, 6.45) is 4.45. The molecule has 1 aliphatic heterocycles. The number of carbonyl (C=O) groups excluding carboxylic acids is 1. The molecule has 2 aromatic carbocycles. The molecule has 12 heteroatoms. The van der Waals surface area contributed by atoms with E-state index in [0.717, 1.165) is 52.9 Å². The Hall–Kier alpha value is -4.55. The predicted molar refractivity (Wildman–Crippen MR) is 146 cm³/mol. The van der Waals surface area contributed by atoms with Crippen LogP contribution < -0.4 is 21.3 Å². The van der Waals surface area contributed by atoms with Gasteiger partial charge in [-0.2, -0.15) is 10.2 Å². The van der Waals surface area contributed by atoms with Crippen LogP contribution in [0.4, 0.5) is 26.4 Å². The van der Waals surface area contributed by atoms with Crippen LogP contribution in [0, 0.1) is 12.7 Å². The molecule has 1 amide bonds. The summed E-state index contributed by atoms with van der Waals surface area (Å²) in [6.45, 7) is 5.15. The Morgan fingerprint density at radius 2 is 2.13 bits per heavy atom. The molecule has 5 aromatic rings. The average molecular weight is 530 g/mol. The normalized spacial score (nSPS) is 15.5. The Morgan fingerprint density at radius 1 is 1.21 bits per heavy atom. The summed E-state index contributed by atoms with van der Waals surface area (Å²) in [5.74, 6) is 0.324. The van der Waals surface area contributed by atoms with Crippen LogP contribution in [0.25, 0.3) is 16.4 Å². The third kappa shape index (κ3) is 5.38. The molecule has 0 radical (unpaired) electrons. The predicted octanol–water partition coefficient (Wildman–Crippen LogP) is 3.43. The summed E-state index contributed by atoms with van der Waals surface area (Å²) < 4.78 is 22.5. The van der Waals surface area contributed by atoms with Gasteiger partial charge < -0.3 is 20.7 Å². The summed E-state index contributed by atoms with van der Waals surface area (Å²) in [5, 5.41) is 22.5. The van der Waals surface area contributed by atoms with Crippen molar-refractivity contribution in [2.75, 3.05) is 36.9 Å². The molecule has 4 heterocycles. The molecular weight excluding hydrogens is 501 g/mol. The number of hydrogen-bond donors (Lipinski definition) is 4. The van der Waals surface area contributed by atoms with E-state index in [1.165, 1.54) is 18.5 Å². The summed E-state index contributed by atoms with van der Waals surface area (Å²) in [7, 11) is 0. The lowest BCUT2D eigenvalue weighted by atomic mass is 10.2. The fourth-order valence-electron chi connectivity index (χ4n) is 4.77. The molecule has 0 aliphatic carbocycles. The van der Waals surface area contributed by atoms with Gasteiger partial charge in [0, 0.05) is 36.3 Å². The van der Waals surface area contributed by atoms with Gasteiger partial charge in [0.15, 0.2) is 5.82 Å². The second-order valence-corrected chi connectivity index (χ2v) is 9.48. The van der Waals surface area contributed by atoms with Gasteiger partial charge in [-0.3, -0.25) is 10.00 Å². The number of halogens is 1. The highest BCUT2D eigenvalue weighted by Gasteiger charge is 2.18. The first-order valence-corrected chi connectivity index (χ1v) is 12.7. The monoisotopic (exact) mass is 529 g/mol. The molecule has 200 valence electrons. The van der Waals surface area contributed by atoms with E-state index in [1.54, 1.807) is 23.0 Å². The second kappa shape index (κ2) is 10.7. The van der Waals surface area contributed by atoms with Crippen LogP contribution in [0.5, 0.6) is 0 Å². The smallest absolute Gasteiger partial charge is 0.411 e. The fourth-order valence-corrected chi connectivity index (χ4v) is 4.77. The molecule has 39 heavy (non-hydrogen) atoms. The van der Waals surface area contributed by atoms with Crippen molar-refractivity contribution in [3.63, 3.8) is 0 Å². The van der Waals surface area contributed by atoms with Crippen LogP contribution in [0.3, 0.4) is 0 Å². The highest BCUT2D eigenvalue weighted by molar-refractivity contribution is 5.91. The molecule has 1 aliphatic rings. The minimum absolute atomic E-state index is 0.0890. The van der Waals surface area contributed by atoms with Crippen LogP contribution in [-0.2, 0) is 11.3 Å². The Balaban J connectivity index is 1.18. The lowest BCUT2D eigenvalue weighted by molar-refractivity contribution is 0.144. The van der Waals surface area contributed by atoms with E-state index >= 15 is 0 Å². The number of piperazine rings is 1. The van der Waals surface area contributed by atoms with E-state index in [0.29, 0.717) is 18.1 Å². The van der Waals surface area contributed by atoms with E-state index in [4.69, 9.17) is 4.74 Å². The zero-order chi connectivity index (χ0) is 26.8. The van der Waals surface area contributed by atoms with Crippen molar-refractivity contribution in [3.05, 3.63) is 78.1 Å². The highest BCUT2D eigenvalue weighted by Crippen LogP contribution is 2.29. The summed E-state index contributed by atoms with van der Waals surface area (Å²) in [5.41, 5.74) is 4.71. The number of benzene rings is 2. The largest absolute Gasteiger partial charge is 0.448 e. The van der Waals surface area contributed by atoms with E-state index in [-0.39, 0.29) is 18.5 Å². The first kappa shape index (κ1) is 24.8. The zero-order valence-electron chi connectivity index (χ0n) is 21.3. The number of fused-ring (bicyclic) bond motifs is 2. The van der Waals surface area contributed by atoms with E-state index in [1.807, 2.05) is 35.9 Å². The summed E-state index contributed by atoms with van der Waals surface area (Å²) >= 11 is 0. The van der Waals surface area contributed by atoms with Gasteiger partial charge in [0.2, 0.25) is 0 Å². The van der Waals surface area contributed by atoms with Crippen molar-refractivity contribution in [2.45, 2.75) is 19.5 Å². The van der Waals surface area contributed by atoms with Gasteiger partial charge in [0.05, 0.1) is 36.2 Å². The molecule has 1 fully saturated rings. The molecule has 6 rings (SSSR count). The minimum atomic E-state index is -0.524. The molecular formula is C27H28FN9O2. The Kier molecular flexibility index (Phi) is 6.78. The lowest BCUT2D eigenvalue weighted by Crippen LogP contribution is -2.50. The zero-order valence-corrected chi connectivity index (χ0v) is 21.3. The lowest BCUT2D eigenvalue weighted by Gasteiger charge is -2.23. The number of amides is 1. The van der Waals surface area contributed by atoms with E-state index in [2.05, 4.69) is 36.4 Å². The van der Waals surface area contributed by atoms with E-state index < -0.39 is 6.09 Å². The van der Waals surface area contributed by atoms with Crippen molar-refractivity contribution in [3.8, 4) is 0 Å². The number of anilines is 3. The minimum Gasteiger partial charge on any atom is -0.448 e. The van der Waals surface area contributed by atoms with Crippen LogP contribution in [0.2, 0.25) is 0 Å². The molecule has 11 nitrogen and oxygen atoms in total. The first-order chi connectivity index (χ1) is 19.0. The quantitative estimate of drug-likeness (QED) is 0.253. The number of hydrogen-bond acceptors (Lipinski definition) is 8. The van der Waals surface area contributed by atoms with Gasteiger partial charge in [-0.1, -0.05) is 12.1 Å². The maximum absolute atomic E-state index is 13.6. The van der Waals surface area contributed by atoms with E-state index in [9.17, 15) is 9.18 Å². The maximum atomic E-state index is 13.6. The van der Waals surface area contributed by atoms with Crippen molar-refractivity contribution < 1.29 is 13.9 Å². The highest BCUT2D eigenvalue weighted by atomic mass is 19.1. The number of nitrogens with one attached hydrogen (secondary N) is 4. The van der Waals surface area contributed by atoms with Gasteiger partial charge >= 0.3 is 6.09 Å². The molecule has 1 unspecified atom stereocenters. The first-order valence-electron chi connectivity index (χ1n) is 12.7. The third-order valence-electron chi connectivity index (χ3n) is 6.73. The maximum Gasteiger partial charge on any atom is 0.411 e. The van der Waals surface area contributed by atoms with Crippen molar-refractivity contribution in [1.29, 1.82) is 0 Å². The molecule has 1 atom stereocenters. The molecule has 0 saturated carbocycles. The van der Waals surface area contributed by atoms with Gasteiger partial charge in [-0.15, -0.1) is 0 Å². The van der Waals surface area contributed by atoms with Crippen LogP contribution >= 0.6 is 0 Å². The Morgan fingerprint density at radius 3 is 2.97 bits per heavy atom. The number of ether oxygens (including phenoxy) is 1. The third-order valence-corrected chi connectivity index (χ3v) is 6.73. The number of aromatic nitrogens is 5. The van der Waals surface area contributed by atoms with Crippen molar-refractivity contribution >= 4 is 39.7 Å². The number of nitrogens with zero attached hydrogens (tertiary/aromatic N) is 5. The van der Waals surface area contributed by atoms with Gasteiger partial charge in [-0.05, 0) is 42.8 Å². The van der Waals surface area contributed by atoms with Gasteiger partial charge in [0.25, 0.3) is 0 Å². The van der Waals surface area contributed by atoms with Crippen LogP contribution in [0.15, 0.2) is 61.2 Å². The van der Waals surface area contributed by atoms with Crippen LogP contribution in [0.1, 0.15) is 11.1 Å². The average Bonchev–Trinajstić information content (AvgIpc) is 3.48. The molecule has 0 spiro atoms. The van der Waals surface area contributed by atoms with Crippen molar-refractivity contribution in [1.82, 2.24) is 35.0 Å².